The van der Waals surface area contributed by atoms with Crippen molar-refractivity contribution >= 4 is 34.1 Å². The minimum Gasteiger partial charge on any atom is -0.493 e. The van der Waals surface area contributed by atoms with Crippen molar-refractivity contribution in [2.75, 3.05) is 0 Å². The summed E-state index contributed by atoms with van der Waals surface area (Å²) in [6.07, 6.45) is 2.28. The number of aromatic hydroxyl groups is 1. The number of amides is 1. The Hall–Kier alpha value is -2.98. The Bertz CT molecular complexity index is 967. The molecule has 0 aliphatic heterocycles. The second-order valence-corrected chi connectivity index (χ2v) is 6.00. The zero-order valence-corrected chi connectivity index (χ0v) is 14.2. The van der Waals surface area contributed by atoms with E-state index in [0.717, 1.165) is 0 Å². The minimum atomic E-state index is -0.474. The first-order valence-corrected chi connectivity index (χ1v) is 8.08. The van der Waals surface area contributed by atoms with Gasteiger partial charge in [-0.25, -0.2) is 5.48 Å². The van der Waals surface area contributed by atoms with Crippen LogP contribution in [0.25, 0.3) is 10.9 Å². The number of aryl methyl sites for hydroxylation is 1. The van der Waals surface area contributed by atoms with E-state index in [1.54, 1.807) is 34.6 Å². The quantitative estimate of drug-likeness (QED) is 0.328. The molecule has 0 fully saturated rings. The molecule has 3 aromatic rings. The standard InChI is InChI=1S/C15H15ClN6O4/c16-11-4-1-3-10-13(19-26)15(24)22(14(10)11)8-9-7-21(20-17-9)6-2-5-12(23)18-25/h1,3-4,7,24-25H,2,5-6,8H2,(H,18,23). The highest BCUT2D eigenvalue weighted by Crippen LogP contribution is 2.41. The number of hydroxylamine groups is 1. The molecule has 0 radical (unpaired) electrons. The molecule has 0 saturated carbocycles. The number of halogens is 1. The lowest BCUT2D eigenvalue weighted by Crippen LogP contribution is -2.18. The van der Waals surface area contributed by atoms with Crippen LogP contribution >= 0.6 is 11.6 Å². The molecule has 0 unspecified atom stereocenters. The lowest BCUT2D eigenvalue weighted by atomic mass is 10.2. The van der Waals surface area contributed by atoms with Crippen LogP contribution < -0.4 is 5.48 Å². The first-order valence-electron chi connectivity index (χ1n) is 7.70. The molecule has 0 aliphatic rings. The Labute approximate surface area is 151 Å². The minimum absolute atomic E-state index is 0.0788. The molecule has 11 heteroatoms. The summed E-state index contributed by atoms with van der Waals surface area (Å²) in [5, 5.41) is 30.5. The van der Waals surface area contributed by atoms with Crippen LogP contribution in [0.1, 0.15) is 18.5 Å². The molecule has 136 valence electrons. The zero-order valence-electron chi connectivity index (χ0n) is 13.5. The molecular formula is C15H15ClN6O4. The van der Waals surface area contributed by atoms with E-state index in [0.29, 0.717) is 34.6 Å². The molecule has 3 rings (SSSR count). The topological polar surface area (TPSA) is 135 Å². The number of fused-ring (bicyclic) bond motifs is 1. The molecule has 0 spiro atoms. The largest absolute Gasteiger partial charge is 0.493 e. The molecule has 0 bridgehead atoms. The molecule has 2 aromatic heterocycles. The van der Waals surface area contributed by atoms with Crippen LogP contribution in [-0.4, -0.2) is 35.8 Å². The fraction of sp³-hybridized carbons (Fsp3) is 0.267. The van der Waals surface area contributed by atoms with Gasteiger partial charge in [0.15, 0.2) is 5.69 Å². The van der Waals surface area contributed by atoms with Crippen molar-refractivity contribution in [3.63, 3.8) is 0 Å². The van der Waals surface area contributed by atoms with Gasteiger partial charge in [-0.1, -0.05) is 28.9 Å². The van der Waals surface area contributed by atoms with Crippen molar-refractivity contribution in [3.05, 3.63) is 40.0 Å². The van der Waals surface area contributed by atoms with E-state index in [-0.39, 0.29) is 24.5 Å². The lowest BCUT2D eigenvalue weighted by Gasteiger charge is -2.05. The number of hydrogen-bond acceptors (Lipinski definition) is 7. The average molecular weight is 379 g/mol. The van der Waals surface area contributed by atoms with E-state index in [4.69, 9.17) is 16.8 Å². The Morgan fingerprint density at radius 1 is 1.38 bits per heavy atom. The molecule has 0 saturated heterocycles. The van der Waals surface area contributed by atoms with Crippen LogP contribution in [-0.2, 0) is 17.9 Å². The van der Waals surface area contributed by atoms with Crippen LogP contribution in [0.2, 0.25) is 5.02 Å². The van der Waals surface area contributed by atoms with E-state index in [2.05, 4.69) is 15.5 Å². The number of nitrogens with one attached hydrogen (secondary N) is 1. The molecule has 0 aliphatic carbocycles. The van der Waals surface area contributed by atoms with Crippen molar-refractivity contribution in [1.29, 1.82) is 0 Å². The maximum atomic E-state index is 11.1. The summed E-state index contributed by atoms with van der Waals surface area (Å²) < 4.78 is 2.99. The van der Waals surface area contributed by atoms with Gasteiger partial charge in [-0.3, -0.25) is 14.7 Å². The predicted molar refractivity (Wildman–Crippen MR) is 92.4 cm³/mol. The highest BCUT2D eigenvalue weighted by molar-refractivity contribution is 6.35. The van der Waals surface area contributed by atoms with E-state index in [1.807, 2.05) is 0 Å². The summed E-state index contributed by atoms with van der Waals surface area (Å²) in [5.41, 5.74) is 2.50. The summed E-state index contributed by atoms with van der Waals surface area (Å²) in [4.78, 5) is 22.1. The van der Waals surface area contributed by atoms with Crippen molar-refractivity contribution in [1.82, 2.24) is 25.0 Å². The van der Waals surface area contributed by atoms with Gasteiger partial charge in [-0.05, 0) is 17.7 Å². The fourth-order valence-corrected chi connectivity index (χ4v) is 3.00. The van der Waals surface area contributed by atoms with E-state index < -0.39 is 5.91 Å². The van der Waals surface area contributed by atoms with Gasteiger partial charge in [0.05, 0.1) is 23.3 Å². The Kier molecular flexibility index (Phi) is 5.14. The highest BCUT2D eigenvalue weighted by Gasteiger charge is 2.20. The number of nitrogens with zero attached hydrogens (tertiary/aromatic N) is 5. The van der Waals surface area contributed by atoms with Gasteiger partial charge in [-0.15, -0.1) is 10.0 Å². The first kappa shape index (κ1) is 17.8. The Morgan fingerprint density at radius 3 is 2.92 bits per heavy atom. The summed E-state index contributed by atoms with van der Waals surface area (Å²) in [7, 11) is 0. The number of nitroso groups, excluding NO2 is 1. The maximum absolute atomic E-state index is 11.1. The van der Waals surface area contributed by atoms with E-state index >= 15 is 0 Å². The number of carbonyl (C=O) groups is 1. The summed E-state index contributed by atoms with van der Waals surface area (Å²) >= 11 is 6.21. The normalized spacial score (nSPS) is 11.0. The van der Waals surface area contributed by atoms with Crippen molar-refractivity contribution < 1.29 is 15.1 Å². The number of para-hydroxylation sites is 1. The Balaban J connectivity index is 1.83. The smallest absolute Gasteiger partial charge is 0.243 e. The molecule has 0 atom stereocenters. The van der Waals surface area contributed by atoms with Crippen LogP contribution in [0.3, 0.4) is 0 Å². The van der Waals surface area contributed by atoms with Crippen molar-refractivity contribution in [3.8, 4) is 5.88 Å². The maximum Gasteiger partial charge on any atom is 0.243 e. The average Bonchev–Trinajstić information content (AvgIpc) is 3.18. The molecule has 2 heterocycles. The van der Waals surface area contributed by atoms with Crippen LogP contribution in [0.4, 0.5) is 5.69 Å². The van der Waals surface area contributed by atoms with Crippen LogP contribution in [0, 0.1) is 4.91 Å². The number of carbonyl (C=O) groups excluding carboxylic acids is 1. The summed E-state index contributed by atoms with van der Waals surface area (Å²) in [6, 6.07) is 4.97. The van der Waals surface area contributed by atoms with Gasteiger partial charge >= 0.3 is 0 Å². The fourth-order valence-electron chi connectivity index (χ4n) is 2.72. The number of hydrogen-bond donors (Lipinski definition) is 3. The highest BCUT2D eigenvalue weighted by atomic mass is 35.5. The zero-order chi connectivity index (χ0) is 18.7. The predicted octanol–water partition coefficient (Wildman–Crippen LogP) is 2.32. The van der Waals surface area contributed by atoms with E-state index in [1.165, 1.54) is 4.57 Å². The summed E-state index contributed by atoms with van der Waals surface area (Å²) in [6.45, 7) is 0.569. The molecule has 10 nitrogen and oxygen atoms in total. The second-order valence-electron chi connectivity index (χ2n) is 5.60. The van der Waals surface area contributed by atoms with Gasteiger partial charge in [0, 0.05) is 18.4 Å². The number of aromatic nitrogens is 4. The van der Waals surface area contributed by atoms with Gasteiger partial charge < -0.3 is 9.67 Å². The molecule has 3 N–H and O–H groups in total. The lowest BCUT2D eigenvalue weighted by molar-refractivity contribution is -0.129. The van der Waals surface area contributed by atoms with Gasteiger partial charge in [0.2, 0.25) is 11.8 Å². The third kappa shape index (κ3) is 3.37. The first-order chi connectivity index (χ1) is 12.5. The third-order valence-electron chi connectivity index (χ3n) is 3.89. The molecule has 1 amide bonds. The number of benzene rings is 1. The van der Waals surface area contributed by atoms with Crippen LogP contribution in [0.5, 0.6) is 5.88 Å². The van der Waals surface area contributed by atoms with Gasteiger partial charge in [-0.2, -0.15) is 0 Å². The van der Waals surface area contributed by atoms with Gasteiger partial charge in [0.25, 0.3) is 0 Å². The van der Waals surface area contributed by atoms with Crippen LogP contribution in [0.15, 0.2) is 29.6 Å². The molecule has 26 heavy (non-hydrogen) atoms. The van der Waals surface area contributed by atoms with Crippen molar-refractivity contribution in [2.45, 2.75) is 25.9 Å². The number of rotatable bonds is 7. The Morgan fingerprint density at radius 2 is 2.19 bits per heavy atom. The van der Waals surface area contributed by atoms with E-state index in [9.17, 15) is 14.8 Å². The second kappa shape index (κ2) is 7.50. The third-order valence-corrected chi connectivity index (χ3v) is 4.20. The summed E-state index contributed by atoms with van der Waals surface area (Å²) in [5.74, 6) is -0.769. The molecular weight excluding hydrogens is 364 g/mol. The molecule has 1 aromatic carbocycles. The SMILES string of the molecule is O=Nc1c(O)n(Cc2cn(CCCC(=O)NO)nn2)c2c(Cl)cccc12. The van der Waals surface area contributed by atoms with Gasteiger partial charge in [0.1, 0.15) is 5.69 Å². The van der Waals surface area contributed by atoms with Crippen molar-refractivity contribution in [2.24, 2.45) is 5.18 Å². The monoisotopic (exact) mass is 378 g/mol.